The van der Waals surface area contributed by atoms with Crippen LogP contribution >= 0.6 is 0 Å². The van der Waals surface area contributed by atoms with Crippen LogP contribution in [0.25, 0.3) is 0 Å². The van der Waals surface area contributed by atoms with Gasteiger partial charge in [-0.15, -0.1) is 0 Å². The number of alkyl halides is 3. The highest BCUT2D eigenvalue weighted by Crippen LogP contribution is 2.32. The molecule has 1 aromatic rings. The molecular formula is C15H19F3N2O. The number of hydrogen-bond donors (Lipinski definition) is 2. The maximum Gasteiger partial charge on any atom is 0.393 e. The largest absolute Gasteiger partial charge is 0.393 e. The van der Waals surface area contributed by atoms with Crippen molar-refractivity contribution in [3.63, 3.8) is 0 Å². The standard InChI is InChI=1S/C15H19F3N2O/c1-9-4-3-5-12(10(9)2)20-14(21)13-7-6-11(8-19-13)15(16,17)18/h3-5,11,13,19H,6-8H2,1-2H3,(H,20,21). The van der Waals surface area contributed by atoms with E-state index in [1.54, 1.807) is 6.07 Å². The van der Waals surface area contributed by atoms with E-state index in [9.17, 15) is 18.0 Å². The summed E-state index contributed by atoms with van der Waals surface area (Å²) >= 11 is 0. The number of hydrogen-bond acceptors (Lipinski definition) is 2. The summed E-state index contributed by atoms with van der Waals surface area (Å²) in [6.07, 6.45) is -4.01. The van der Waals surface area contributed by atoms with E-state index in [2.05, 4.69) is 10.6 Å². The Labute approximate surface area is 121 Å². The van der Waals surface area contributed by atoms with Gasteiger partial charge in [-0.2, -0.15) is 13.2 Å². The summed E-state index contributed by atoms with van der Waals surface area (Å²) in [6, 6.07) is 5.01. The fourth-order valence-electron chi connectivity index (χ4n) is 2.47. The summed E-state index contributed by atoms with van der Waals surface area (Å²) in [5.41, 5.74) is 2.73. The quantitative estimate of drug-likeness (QED) is 0.881. The number of halogens is 3. The van der Waals surface area contributed by atoms with E-state index in [0.29, 0.717) is 5.69 Å². The first-order chi connectivity index (χ1) is 9.79. The summed E-state index contributed by atoms with van der Waals surface area (Å²) < 4.78 is 37.7. The van der Waals surface area contributed by atoms with Gasteiger partial charge in [-0.25, -0.2) is 0 Å². The minimum atomic E-state index is -4.19. The zero-order chi connectivity index (χ0) is 15.6. The van der Waals surface area contributed by atoms with Gasteiger partial charge in [0.25, 0.3) is 0 Å². The summed E-state index contributed by atoms with van der Waals surface area (Å²) in [6.45, 7) is 3.64. The van der Waals surface area contributed by atoms with Gasteiger partial charge in [0.05, 0.1) is 12.0 Å². The lowest BCUT2D eigenvalue weighted by Crippen LogP contribution is -2.49. The molecule has 1 fully saturated rings. The number of piperidine rings is 1. The van der Waals surface area contributed by atoms with Crippen LogP contribution in [0.15, 0.2) is 18.2 Å². The third kappa shape index (κ3) is 3.75. The van der Waals surface area contributed by atoms with Crippen LogP contribution in [0.3, 0.4) is 0 Å². The lowest BCUT2D eigenvalue weighted by Gasteiger charge is -2.30. The molecule has 1 aliphatic rings. The third-order valence-corrected chi connectivity index (χ3v) is 4.06. The maximum absolute atomic E-state index is 12.6. The van der Waals surface area contributed by atoms with Gasteiger partial charge in [0.2, 0.25) is 5.91 Å². The van der Waals surface area contributed by atoms with Crippen LogP contribution in [-0.4, -0.2) is 24.7 Å². The molecule has 0 bridgehead atoms. The predicted octanol–water partition coefficient (Wildman–Crippen LogP) is 3.17. The Morgan fingerprint density at radius 3 is 2.57 bits per heavy atom. The van der Waals surface area contributed by atoms with Gasteiger partial charge in [0.15, 0.2) is 0 Å². The Bertz CT molecular complexity index is 520. The Balaban J connectivity index is 1.95. The molecule has 0 aliphatic carbocycles. The third-order valence-electron chi connectivity index (χ3n) is 4.06. The van der Waals surface area contributed by atoms with Crippen molar-refractivity contribution in [2.24, 2.45) is 5.92 Å². The van der Waals surface area contributed by atoms with Gasteiger partial charge < -0.3 is 10.6 Å². The number of benzene rings is 1. The first kappa shape index (κ1) is 15.8. The number of amides is 1. The molecule has 1 saturated heterocycles. The Morgan fingerprint density at radius 2 is 2.00 bits per heavy atom. The fraction of sp³-hybridized carbons (Fsp3) is 0.533. The van der Waals surface area contributed by atoms with Crippen LogP contribution in [0.4, 0.5) is 18.9 Å². The number of nitrogens with one attached hydrogen (secondary N) is 2. The van der Waals surface area contributed by atoms with E-state index in [1.165, 1.54) is 0 Å². The van der Waals surface area contributed by atoms with Crippen LogP contribution in [0.5, 0.6) is 0 Å². The van der Waals surface area contributed by atoms with Crippen LogP contribution in [0.1, 0.15) is 24.0 Å². The Hall–Kier alpha value is -1.56. The number of rotatable bonds is 2. The number of aryl methyl sites for hydroxylation is 1. The van der Waals surface area contributed by atoms with Crippen molar-refractivity contribution < 1.29 is 18.0 Å². The minimum absolute atomic E-state index is 0.0125. The lowest BCUT2D eigenvalue weighted by atomic mass is 9.93. The molecule has 0 saturated carbocycles. The van der Waals surface area contributed by atoms with E-state index in [-0.39, 0.29) is 25.3 Å². The summed E-state index contributed by atoms with van der Waals surface area (Å²) in [5.74, 6) is -1.63. The molecule has 3 nitrogen and oxygen atoms in total. The molecule has 1 amide bonds. The van der Waals surface area contributed by atoms with Crippen molar-refractivity contribution >= 4 is 11.6 Å². The predicted molar refractivity (Wildman–Crippen MR) is 75.1 cm³/mol. The fourth-order valence-corrected chi connectivity index (χ4v) is 2.47. The van der Waals surface area contributed by atoms with Gasteiger partial charge >= 0.3 is 6.18 Å². The van der Waals surface area contributed by atoms with E-state index in [1.807, 2.05) is 26.0 Å². The molecule has 1 aliphatic heterocycles. The minimum Gasteiger partial charge on any atom is -0.324 e. The summed E-state index contributed by atoms with van der Waals surface area (Å²) in [5, 5.41) is 5.49. The van der Waals surface area contributed by atoms with Crippen LogP contribution in [0, 0.1) is 19.8 Å². The average Bonchev–Trinajstić information content (AvgIpc) is 2.43. The second kappa shape index (κ2) is 6.05. The summed E-state index contributed by atoms with van der Waals surface area (Å²) in [4.78, 5) is 12.1. The van der Waals surface area contributed by atoms with Crippen LogP contribution in [-0.2, 0) is 4.79 Å². The SMILES string of the molecule is Cc1cccc(NC(=O)C2CCC(C(F)(F)F)CN2)c1C. The highest BCUT2D eigenvalue weighted by atomic mass is 19.4. The first-order valence-corrected chi connectivity index (χ1v) is 6.96. The molecule has 0 aromatic heterocycles. The Morgan fingerprint density at radius 1 is 1.29 bits per heavy atom. The molecule has 2 atom stereocenters. The smallest absolute Gasteiger partial charge is 0.324 e. The van der Waals surface area contributed by atoms with Crippen molar-refractivity contribution in [1.29, 1.82) is 0 Å². The van der Waals surface area contributed by atoms with Gasteiger partial charge in [0, 0.05) is 12.2 Å². The molecule has 2 rings (SSSR count). The van der Waals surface area contributed by atoms with E-state index in [4.69, 9.17) is 0 Å². The highest BCUT2D eigenvalue weighted by Gasteiger charge is 2.42. The Kier molecular flexibility index (Phi) is 4.56. The molecule has 1 aromatic carbocycles. The monoisotopic (exact) mass is 300 g/mol. The van der Waals surface area contributed by atoms with Crippen molar-refractivity contribution in [2.45, 2.75) is 38.9 Å². The molecule has 1 heterocycles. The average molecular weight is 300 g/mol. The van der Waals surface area contributed by atoms with Crippen molar-refractivity contribution in [2.75, 3.05) is 11.9 Å². The topological polar surface area (TPSA) is 41.1 Å². The van der Waals surface area contributed by atoms with Gasteiger partial charge in [0.1, 0.15) is 0 Å². The molecule has 0 radical (unpaired) electrons. The highest BCUT2D eigenvalue weighted by molar-refractivity contribution is 5.95. The normalized spacial score (nSPS) is 22.9. The zero-order valence-electron chi connectivity index (χ0n) is 12.1. The van der Waals surface area contributed by atoms with E-state index in [0.717, 1.165) is 11.1 Å². The molecule has 116 valence electrons. The van der Waals surface area contributed by atoms with Crippen molar-refractivity contribution in [3.8, 4) is 0 Å². The summed E-state index contributed by atoms with van der Waals surface area (Å²) in [7, 11) is 0. The molecule has 2 unspecified atom stereocenters. The molecular weight excluding hydrogens is 281 g/mol. The van der Waals surface area contributed by atoms with E-state index >= 15 is 0 Å². The number of carbonyl (C=O) groups excluding carboxylic acids is 1. The number of anilines is 1. The second-order valence-corrected chi connectivity index (χ2v) is 5.51. The molecule has 21 heavy (non-hydrogen) atoms. The van der Waals surface area contributed by atoms with Crippen molar-refractivity contribution in [1.82, 2.24) is 5.32 Å². The lowest BCUT2D eigenvalue weighted by molar-refractivity contribution is -0.180. The van der Waals surface area contributed by atoms with Crippen LogP contribution < -0.4 is 10.6 Å². The van der Waals surface area contributed by atoms with Crippen molar-refractivity contribution in [3.05, 3.63) is 29.3 Å². The second-order valence-electron chi connectivity index (χ2n) is 5.51. The van der Waals surface area contributed by atoms with Gasteiger partial charge in [-0.1, -0.05) is 12.1 Å². The van der Waals surface area contributed by atoms with E-state index < -0.39 is 18.1 Å². The van der Waals surface area contributed by atoms with Crippen LogP contribution in [0.2, 0.25) is 0 Å². The molecule has 0 spiro atoms. The zero-order valence-corrected chi connectivity index (χ0v) is 12.1. The first-order valence-electron chi connectivity index (χ1n) is 6.96. The molecule has 6 heteroatoms. The van der Waals surface area contributed by atoms with Gasteiger partial charge in [-0.3, -0.25) is 4.79 Å². The number of carbonyl (C=O) groups is 1. The van der Waals surface area contributed by atoms with Gasteiger partial charge in [-0.05, 0) is 43.9 Å². The molecule has 2 N–H and O–H groups in total. The maximum atomic E-state index is 12.6.